The normalized spacial score (nSPS) is 23.0. The Labute approximate surface area is 144 Å². The number of carbonyl (C=O) groups excluding carboxylic acids is 2. The van der Waals surface area contributed by atoms with Crippen LogP contribution in [-0.4, -0.2) is 57.0 Å². The van der Waals surface area contributed by atoms with Crippen molar-refractivity contribution >= 4 is 11.8 Å². The predicted octanol–water partition coefficient (Wildman–Crippen LogP) is 2.05. The topological polar surface area (TPSA) is 69.3 Å². The minimum atomic E-state index is -0.498. The summed E-state index contributed by atoms with van der Waals surface area (Å²) in [5, 5.41) is 6.76. The van der Waals surface area contributed by atoms with Crippen molar-refractivity contribution < 1.29 is 14.0 Å². The van der Waals surface area contributed by atoms with E-state index in [2.05, 4.69) is 10.2 Å². The molecule has 0 unspecified atom stereocenters. The minimum absolute atomic E-state index is 0.00376. The van der Waals surface area contributed by atoms with Gasteiger partial charge in [-0.1, -0.05) is 12.1 Å². The summed E-state index contributed by atoms with van der Waals surface area (Å²) < 4.78 is 13.9. The molecule has 2 aliphatic rings. The average Bonchev–Trinajstić information content (AvgIpc) is 3.27. The summed E-state index contributed by atoms with van der Waals surface area (Å²) in [6.45, 7) is 3.06. The zero-order chi connectivity index (χ0) is 17.6. The van der Waals surface area contributed by atoms with E-state index in [-0.39, 0.29) is 23.6 Å². The van der Waals surface area contributed by atoms with Gasteiger partial charge in [0.05, 0.1) is 5.69 Å². The quantitative estimate of drug-likeness (QED) is 0.908. The fraction of sp³-hybridized carbons (Fsp3) is 0.389. The van der Waals surface area contributed by atoms with Crippen LogP contribution in [-0.2, 0) is 4.79 Å². The van der Waals surface area contributed by atoms with E-state index in [1.807, 2.05) is 4.90 Å². The van der Waals surface area contributed by atoms with Gasteiger partial charge in [0, 0.05) is 24.7 Å². The number of nitrogens with one attached hydrogen (secondary N) is 1. The molecule has 2 saturated heterocycles. The Hall–Kier alpha value is -2.70. The summed E-state index contributed by atoms with van der Waals surface area (Å²) in [5.74, 6) is -0.672. The van der Waals surface area contributed by atoms with Crippen LogP contribution in [0.1, 0.15) is 30.3 Å². The van der Waals surface area contributed by atoms with Crippen LogP contribution in [0.5, 0.6) is 0 Å². The van der Waals surface area contributed by atoms with Crippen LogP contribution in [0.4, 0.5) is 4.39 Å². The fourth-order valence-electron chi connectivity index (χ4n) is 3.73. The Bertz CT molecular complexity index is 834. The number of benzene rings is 1. The van der Waals surface area contributed by atoms with Crippen LogP contribution in [0.15, 0.2) is 30.3 Å². The molecule has 0 aliphatic carbocycles. The van der Waals surface area contributed by atoms with Gasteiger partial charge in [0.1, 0.15) is 17.6 Å². The maximum Gasteiger partial charge on any atom is 0.272 e. The predicted molar refractivity (Wildman–Crippen MR) is 89.2 cm³/mol. The highest BCUT2D eigenvalue weighted by atomic mass is 19.1. The Balaban J connectivity index is 1.59. The van der Waals surface area contributed by atoms with Crippen molar-refractivity contribution in [3.8, 4) is 11.3 Å². The van der Waals surface area contributed by atoms with Crippen LogP contribution < -0.4 is 0 Å². The van der Waals surface area contributed by atoms with Gasteiger partial charge >= 0.3 is 0 Å². The van der Waals surface area contributed by atoms with Crippen LogP contribution in [0, 0.1) is 5.82 Å². The number of aromatic nitrogens is 2. The maximum atomic E-state index is 13.9. The van der Waals surface area contributed by atoms with Crippen molar-refractivity contribution in [1.82, 2.24) is 20.0 Å². The van der Waals surface area contributed by atoms with E-state index in [1.165, 1.54) is 6.07 Å². The third-order valence-electron chi connectivity index (χ3n) is 5.11. The number of piperazine rings is 1. The van der Waals surface area contributed by atoms with E-state index in [9.17, 15) is 14.0 Å². The van der Waals surface area contributed by atoms with Crippen LogP contribution in [0.3, 0.4) is 0 Å². The first-order valence-electron chi connectivity index (χ1n) is 8.48. The van der Waals surface area contributed by atoms with Crippen molar-refractivity contribution in [3.05, 3.63) is 41.8 Å². The maximum absolute atomic E-state index is 13.9. The second-order valence-corrected chi connectivity index (χ2v) is 6.61. The van der Waals surface area contributed by atoms with E-state index in [1.54, 1.807) is 36.1 Å². The first-order chi connectivity index (χ1) is 12.1. The van der Waals surface area contributed by atoms with Gasteiger partial charge in [-0.25, -0.2) is 4.39 Å². The third-order valence-corrected chi connectivity index (χ3v) is 5.11. The molecule has 2 aliphatic heterocycles. The number of carbonyl (C=O) groups is 2. The monoisotopic (exact) mass is 342 g/mol. The molecule has 4 rings (SSSR count). The molecule has 0 radical (unpaired) electrons. The summed E-state index contributed by atoms with van der Waals surface area (Å²) in [5.41, 5.74) is 0.979. The minimum Gasteiger partial charge on any atom is -0.336 e. The van der Waals surface area contributed by atoms with E-state index < -0.39 is 11.9 Å². The number of hydrogen-bond donors (Lipinski definition) is 1. The Kier molecular flexibility index (Phi) is 3.78. The summed E-state index contributed by atoms with van der Waals surface area (Å²) >= 11 is 0. The lowest BCUT2D eigenvalue weighted by molar-refractivity contribution is -0.141. The smallest absolute Gasteiger partial charge is 0.272 e. The highest BCUT2D eigenvalue weighted by molar-refractivity contribution is 5.97. The van der Waals surface area contributed by atoms with E-state index in [4.69, 9.17) is 0 Å². The molecule has 2 atom stereocenters. The van der Waals surface area contributed by atoms with Gasteiger partial charge in [-0.3, -0.25) is 14.7 Å². The summed E-state index contributed by atoms with van der Waals surface area (Å²) in [7, 11) is 0. The number of halogens is 1. The van der Waals surface area contributed by atoms with Gasteiger partial charge in [0.2, 0.25) is 5.91 Å². The van der Waals surface area contributed by atoms with Crippen molar-refractivity contribution in [3.63, 3.8) is 0 Å². The Morgan fingerprint density at radius 2 is 2.16 bits per heavy atom. The van der Waals surface area contributed by atoms with E-state index >= 15 is 0 Å². The van der Waals surface area contributed by atoms with E-state index in [0.717, 1.165) is 19.4 Å². The number of nitrogens with zero attached hydrogens (tertiary/aromatic N) is 3. The van der Waals surface area contributed by atoms with Gasteiger partial charge < -0.3 is 9.80 Å². The standard InChI is InChI=1S/C18H19FN4O2/c1-11-17(24)22-8-4-5-12(22)10-23(11)18(25)16-9-15(20-21-16)13-6-2-3-7-14(13)19/h2-3,6-7,9,11-12H,4-5,8,10H2,1H3,(H,20,21)/t11-,12-/m1/s1. The van der Waals surface area contributed by atoms with Gasteiger partial charge in [-0.15, -0.1) is 0 Å². The van der Waals surface area contributed by atoms with Crippen molar-refractivity contribution in [1.29, 1.82) is 0 Å². The molecular formula is C18H19FN4O2. The number of amides is 2. The molecule has 1 aromatic carbocycles. The van der Waals surface area contributed by atoms with Crippen molar-refractivity contribution in [2.45, 2.75) is 31.8 Å². The van der Waals surface area contributed by atoms with Crippen LogP contribution >= 0.6 is 0 Å². The van der Waals surface area contributed by atoms with E-state index in [0.29, 0.717) is 17.8 Å². The van der Waals surface area contributed by atoms with Gasteiger partial charge in [0.25, 0.3) is 5.91 Å². The molecule has 7 heteroatoms. The average molecular weight is 342 g/mol. The number of hydrogen-bond acceptors (Lipinski definition) is 3. The molecule has 1 N–H and O–H groups in total. The van der Waals surface area contributed by atoms with Gasteiger partial charge in [-0.2, -0.15) is 5.10 Å². The number of H-pyrrole nitrogens is 1. The highest BCUT2D eigenvalue weighted by Crippen LogP contribution is 2.27. The lowest BCUT2D eigenvalue weighted by Crippen LogP contribution is -2.60. The molecule has 3 heterocycles. The molecule has 25 heavy (non-hydrogen) atoms. The first kappa shape index (κ1) is 15.8. The zero-order valence-corrected chi connectivity index (χ0v) is 13.9. The lowest BCUT2D eigenvalue weighted by Gasteiger charge is -2.41. The Morgan fingerprint density at radius 3 is 2.96 bits per heavy atom. The zero-order valence-electron chi connectivity index (χ0n) is 13.9. The van der Waals surface area contributed by atoms with Crippen LogP contribution in [0.2, 0.25) is 0 Å². The highest BCUT2D eigenvalue weighted by Gasteiger charge is 2.42. The van der Waals surface area contributed by atoms with Gasteiger partial charge in [-0.05, 0) is 38.0 Å². The van der Waals surface area contributed by atoms with Gasteiger partial charge in [0.15, 0.2) is 0 Å². The van der Waals surface area contributed by atoms with Crippen molar-refractivity contribution in [2.75, 3.05) is 13.1 Å². The molecule has 2 aromatic rings. The molecule has 0 spiro atoms. The van der Waals surface area contributed by atoms with Crippen LogP contribution in [0.25, 0.3) is 11.3 Å². The second kappa shape index (κ2) is 5.98. The fourth-order valence-corrected chi connectivity index (χ4v) is 3.73. The third kappa shape index (κ3) is 2.59. The summed E-state index contributed by atoms with van der Waals surface area (Å²) in [6, 6.07) is 7.43. The molecule has 6 nitrogen and oxygen atoms in total. The molecule has 130 valence electrons. The molecule has 1 aromatic heterocycles. The molecule has 2 fully saturated rings. The van der Waals surface area contributed by atoms with Crippen molar-refractivity contribution in [2.24, 2.45) is 0 Å². The summed E-state index contributed by atoms with van der Waals surface area (Å²) in [6.07, 6.45) is 1.90. The molecule has 2 amide bonds. The lowest BCUT2D eigenvalue weighted by atomic mass is 10.1. The number of fused-ring (bicyclic) bond motifs is 1. The first-order valence-corrected chi connectivity index (χ1v) is 8.48. The Morgan fingerprint density at radius 1 is 1.36 bits per heavy atom. The largest absolute Gasteiger partial charge is 0.336 e. The number of aromatic amines is 1. The molecular weight excluding hydrogens is 323 g/mol. The molecule has 0 saturated carbocycles. The molecule has 0 bridgehead atoms. The number of rotatable bonds is 2. The SMILES string of the molecule is C[C@@H]1C(=O)N2CCC[C@@H]2CN1C(=O)c1cc(-c2ccccc2F)n[nH]1. The second-order valence-electron chi connectivity index (χ2n) is 6.61. The summed E-state index contributed by atoms with van der Waals surface area (Å²) in [4.78, 5) is 28.8.